The fraction of sp³-hybridized carbons (Fsp3) is 0.385. The third-order valence-electron chi connectivity index (χ3n) is 2.75. The summed E-state index contributed by atoms with van der Waals surface area (Å²) in [4.78, 5) is 0. The van der Waals surface area contributed by atoms with Crippen molar-refractivity contribution in [2.75, 3.05) is 6.61 Å². The molecular formula is C13H15FO2. The van der Waals surface area contributed by atoms with Crippen molar-refractivity contribution in [1.82, 2.24) is 0 Å². The zero-order valence-electron chi connectivity index (χ0n) is 9.24. The Morgan fingerprint density at radius 1 is 1.44 bits per heavy atom. The Morgan fingerprint density at radius 3 is 2.94 bits per heavy atom. The van der Waals surface area contributed by atoms with Crippen LogP contribution in [0, 0.1) is 12.7 Å². The first-order valence-corrected chi connectivity index (χ1v) is 5.46. The van der Waals surface area contributed by atoms with Gasteiger partial charge >= 0.3 is 0 Å². The maximum Gasteiger partial charge on any atom is 0.138 e. The van der Waals surface area contributed by atoms with E-state index in [1.54, 1.807) is 25.1 Å². The molecule has 2 rings (SSSR count). The van der Waals surface area contributed by atoms with Crippen molar-refractivity contribution in [3.8, 4) is 0 Å². The van der Waals surface area contributed by atoms with Crippen molar-refractivity contribution in [3.05, 3.63) is 47.0 Å². The Morgan fingerprint density at radius 2 is 2.25 bits per heavy atom. The van der Waals surface area contributed by atoms with Crippen molar-refractivity contribution in [1.29, 1.82) is 0 Å². The minimum atomic E-state index is -0.986. The lowest BCUT2D eigenvalue weighted by molar-refractivity contribution is 0.0896. The van der Waals surface area contributed by atoms with E-state index in [-0.39, 0.29) is 11.4 Å². The smallest absolute Gasteiger partial charge is 0.138 e. The number of benzene rings is 1. The molecule has 0 aromatic heterocycles. The van der Waals surface area contributed by atoms with E-state index < -0.39 is 6.10 Å². The molecule has 86 valence electrons. The Kier molecular flexibility index (Phi) is 3.25. The fourth-order valence-corrected chi connectivity index (χ4v) is 1.80. The Labute approximate surface area is 94.4 Å². The molecule has 0 fully saturated rings. The van der Waals surface area contributed by atoms with E-state index in [1.807, 2.05) is 6.08 Å². The number of rotatable bonds is 2. The number of allylic oxidation sites excluding steroid dienone is 1. The van der Waals surface area contributed by atoms with Crippen LogP contribution in [0.5, 0.6) is 0 Å². The molecule has 0 aliphatic carbocycles. The molecule has 2 nitrogen and oxygen atoms in total. The van der Waals surface area contributed by atoms with Gasteiger partial charge in [-0.05, 0) is 31.4 Å². The SMILES string of the molecule is Cc1cccc(C(O)C2=CCCCO2)c1F. The third-order valence-corrected chi connectivity index (χ3v) is 2.75. The number of hydrogen-bond donors (Lipinski definition) is 1. The second kappa shape index (κ2) is 4.66. The van der Waals surface area contributed by atoms with Crippen LogP contribution < -0.4 is 0 Å². The topological polar surface area (TPSA) is 29.5 Å². The van der Waals surface area contributed by atoms with Crippen molar-refractivity contribution in [3.63, 3.8) is 0 Å². The van der Waals surface area contributed by atoms with Crippen LogP contribution in [0.2, 0.25) is 0 Å². The average Bonchev–Trinajstić information content (AvgIpc) is 2.33. The summed E-state index contributed by atoms with van der Waals surface area (Å²) in [6, 6.07) is 5.01. The molecule has 1 aromatic rings. The molecule has 1 N–H and O–H groups in total. The summed E-state index contributed by atoms with van der Waals surface area (Å²) in [5.41, 5.74) is 0.820. The molecule has 1 aromatic carbocycles. The second-order valence-corrected chi connectivity index (χ2v) is 3.98. The molecule has 1 unspecified atom stereocenters. The minimum absolute atomic E-state index is 0.285. The van der Waals surface area contributed by atoms with Gasteiger partial charge in [-0.25, -0.2) is 4.39 Å². The lowest BCUT2D eigenvalue weighted by atomic mass is 10.0. The fourth-order valence-electron chi connectivity index (χ4n) is 1.80. The van der Waals surface area contributed by atoms with E-state index in [9.17, 15) is 9.50 Å². The Balaban J connectivity index is 2.29. The second-order valence-electron chi connectivity index (χ2n) is 3.98. The summed E-state index contributed by atoms with van der Waals surface area (Å²) in [6.45, 7) is 2.28. The van der Waals surface area contributed by atoms with Crippen molar-refractivity contribution < 1.29 is 14.2 Å². The van der Waals surface area contributed by atoms with Crippen molar-refractivity contribution in [2.24, 2.45) is 0 Å². The quantitative estimate of drug-likeness (QED) is 0.833. The number of aliphatic hydroxyl groups is 1. The van der Waals surface area contributed by atoms with E-state index in [2.05, 4.69) is 0 Å². The minimum Gasteiger partial charge on any atom is -0.495 e. The molecule has 0 saturated carbocycles. The van der Waals surface area contributed by atoms with Gasteiger partial charge in [0.2, 0.25) is 0 Å². The number of ether oxygens (including phenoxy) is 1. The highest BCUT2D eigenvalue weighted by molar-refractivity contribution is 5.30. The first-order valence-electron chi connectivity index (χ1n) is 5.46. The molecule has 3 heteroatoms. The van der Waals surface area contributed by atoms with E-state index in [4.69, 9.17) is 4.74 Å². The van der Waals surface area contributed by atoms with Gasteiger partial charge in [0.1, 0.15) is 17.7 Å². The Bertz CT molecular complexity index is 412. The van der Waals surface area contributed by atoms with Crippen LogP contribution in [0.25, 0.3) is 0 Å². The average molecular weight is 222 g/mol. The first kappa shape index (κ1) is 11.1. The summed E-state index contributed by atoms with van der Waals surface area (Å²) in [6.07, 6.45) is 2.67. The van der Waals surface area contributed by atoms with Gasteiger partial charge in [-0.2, -0.15) is 0 Å². The monoisotopic (exact) mass is 222 g/mol. The zero-order chi connectivity index (χ0) is 11.5. The van der Waals surface area contributed by atoms with Crippen molar-refractivity contribution >= 4 is 0 Å². The molecule has 1 heterocycles. The molecule has 0 radical (unpaired) electrons. The van der Waals surface area contributed by atoms with E-state index in [0.717, 1.165) is 12.8 Å². The molecule has 1 aliphatic heterocycles. The van der Waals surface area contributed by atoms with Gasteiger partial charge in [-0.3, -0.25) is 0 Å². The predicted molar refractivity (Wildman–Crippen MR) is 59.4 cm³/mol. The lowest BCUT2D eigenvalue weighted by Gasteiger charge is -2.20. The van der Waals surface area contributed by atoms with Gasteiger partial charge in [0.25, 0.3) is 0 Å². The first-order chi connectivity index (χ1) is 7.70. The Hall–Kier alpha value is -1.35. The summed E-state index contributed by atoms with van der Waals surface area (Å²) in [5, 5.41) is 10.0. The van der Waals surface area contributed by atoms with Gasteiger partial charge in [-0.15, -0.1) is 0 Å². The van der Waals surface area contributed by atoms with Crippen LogP contribution in [-0.2, 0) is 4.74 Å². The highest BCUT2D eigenvalue weighted by atomic mass is 19.1. The van der Waals surface area contributed by atoms with Gasteiger partial charge in [0.05, 0.1) is 6.61 Å². The summed E-state index contributed by atoms with van der Waals surface area (Å²) in [5.74, 6) is 0.112. The highest BCUT2D eigenvalue weighted by Crippen LogP contribution is 2.28. The zero-order valence-corrected chi connectivity index (χ0v) is 9.24. The molecule has 0 saturated heterocycles. The van der Waals surface area contributed by atoms with Gasteiger partial charge in [0, 0.05) is 5.56 Å². The van der Waals surface area contributed by atoms with Crippen LogP contribution in [-0.4, -0.2) is 11.7 Å². The highest BCUT2D eigenvalue weighted by Gasteiger charge is 2.20. The number of halogens is 1. The molecule has 0 spiro atoms. The largest absolute Gasteiger partial charge is 0.495 e. The summed E-state index contributed by atoms with van der Waals surface area (Å²) < 4.78 is 19.1. The van der Waals surface area contributed by atoms with E-state index in [0.29, 0.717) is 17.9 Å². The van der Waals surface area contributed by atoms with Crippen molar-refractivity contribution in [2.45, 2.75) is 25.9 Å². The normalized spacial score (nSPS) is 17.6. The van der Waals surface area contributed by atoms with Crippen LogP contribution in [0.3, 0.4) is 0 Å². The molecule has 0 bridgehead atoms. The molecule has 1 atom stereocenters. The molecule has 16 heavy (non-hydrogen) atoms. The molecule has 0 amide bonds. The molecule has 1 aliphatic rings. The van der Waals surface area contributed by atoms with Gasteiger partial charge in [-0.1, -0.05) is 18.2 Å². The van der Waals surface area contributed by atoms with Crippen LogP contribution in [0.4, 0.5) is 4.39 Å². The van der Waals surface area contributed by atoms with Crippen LogP contribution in [0.15, 0.2) is 30.0 Å². The standard InChI is InChI=1S/C13H15FO2/c1-9-5-4-6-10(12(9)14)13(15)11-7-2-3-8-16-11/h4-7,13,15H,2-3,8H2,1H3. The summed E-state index contributed by atoms with van der Waals surface area (Å²) >= 11 is 0. The maximum absolute atomic E-state index is 13.8. The molecular weight excluding hydrogens is 207 g/mol. The lowest BCUT2D eigenvalue weighted by Crippen LogP contribution is -2.11. The van der Waals surface area contributed by atoms with E-state index in [1.165, 1.54) is 0 Å². The van der Waals surface area contributed by atoms with Crippen LogP contribution in [0.1, 0.15) is 30.1 Å². The number of aryl methyl sites for hydroxylation is 1. The van der Waals surface area contributed by atoms with Gasteiger partial charge < -0.3 is 9.84 Å². The number of aliphatic hydroxyl groups excluding tert-OH is 1. The van der Waals surface area contributed by atoms with Gasteiger partial charge in [0.15, 0.2) is 0 Å². The maximum atomic E-state index is 13.8. The predicted octanol–water partition coefficient (Wildman–Crippen LogP) is 2.86. The summed E-state index contributed by atoms with van der Waals surface area (Å²) in [7, 11) is 0. The van der Waals surface area contributed by atoms with Crippen LogP contribution >= 0.6 is 0 Å². The number of hydrogen-bond acceptors (Lipinski definition) is 2. The van der Waals surface area contributed by atoms with E-state index >= 15 is 0 Å². The third kappa shape index (κ3) is 2.09.